The van der Waals surface area contributed by atoms with Gasteiger partial charge < -0.3 is 34.8 Å². The molecule has 0 unspecified atom stereocenters. The molecule has 6 aliphatic rings. The van der Waals surface area contributed by atoms with E-state index >= 15 is 4.39 Å². The molecule has 322 valence electrons. The van der Waals surface area contributed by atoms with Gasteiger partial charge in [-0.25, -0.2) is 17.6 Å². The Bertz CT molecular complexity index is 1900. The van der Waals surface area contributed by atoms with Crippen molar-refractivity contribution in [1.29, 1.82) is 0 Å². The summed E-state index contributed by atoms with van der Waals surface area (Å²) in [4.78, 5) is 36.7. The summed E-state index contributed by atoms with van der Waals surface area (Å²) >= 11 is 0. The lowest BCUT2D eigenvalue weighted by atomic mass is 9.57. The molecule has 0 radical (unpaired) electrons. The molecule has 0 bridgehead atoms. The molecule has 1 saturated carbocycles. The van der Waals surface area contributed by atoms with Crippen molar-refractivity contribution in [3.05, 3.63) is 72.1 Å². The van der Waals surface area contributed by atoms with Crippen LogP contribution in [0, 0.1) is 23.6 Å². The van der Waals surface area contributed by atoms with Crippen LogP contribution < -0.4 is 10.2 Å². The number of amides is 2. The number of likely N-dealkylation sites (tertiary alicyclic amines) is 4. The quantitative estimate of drug-likeness (QED) is 0.269. The number of sulfone groups is 1. The number of anilines is 1. The van der Waals surface area contributed by atoms with E-state index in [0.29, 0.717) is 23.3 Å². The molecule has 2 N–H and O–H groups in total. The van der Waals surface area contributed by atoms with E-state index in [0.717, 1.165) is 122 Å². The highest BCUT2D eigenvalue weighted by atomic mass is 32.2. The smallest absolute Gasteiger partial charge is 0.407 e. The minimum Gasteiger partial charge on any atom is -0.453 e. The van der Waals surface area contributed by atoms with Crippen LogP contribution in [0.25, 0.3) is 0 Å². The average molecular weight is 835 g/mol. The first-order valence-electron chi connectivity index (χ1n) is 22.0. The Balaban J connectivity index is 0.831. The maximum absolute atomic E-state index is 15.0. The van der Waals surface area contributed by atoms with E-state index in [4.69, 9.17) is 4.74 Å². The number of halogens is 1. The van der Waals surface area contributed by atoms with Crippen LogP contribution >= 0.6 is 0 Å². The van der Waals surface area contributed by atoms with Crippen LogP contribution in [0.1, 0.15) is 56.9 Å². The van der Waals surface area contributed by atoms with Gasteiger partial charge in [-0.3, -0.25) is 9.69 Å². The second-order valence-electron chi connectivity index (χ2n) is 18.1. The summed E-state index contributed by atoms with van der Waals surface area (Å²) in [5.74, 6) is 0.698. The van der Waals surface area contributed by atoms with E-state index in [9.17, 15) is 23.1 Å². The highest BCUT2D eigenvalue weighted by molar-refractivity contribution is 7.92. The summed E-state index contributed by atoms with van der Waals surface area (Å²) < 4.78 is 46.9. The van der Waals surface area contributed by atoms with E-state index in [2.05, 4.69) is 31.0 Å². The summed E-state index contributed by atoms with van der Waals surface area (Å²) in [6.07, 6.45) is 10.4. The third kappa shape index (κ3) is 9.22. The van der Waals surface area contributed by atoms with E-state index in [1.165, 1.54) is 19.6 Å². The molecule has 3 atom stereocenters. The maximum Gasteiger partial charge on any atom is 0.407 e. The SMILES string of the molecule is COC(=O)N[C@H]1CCC[C@@H]1[C@](CN1CCC1)(c1cccc(F)c1)C1CCN(CC2CN(c3ccc(S(=O)(=O)C4CN(C(=O)/C=C/CN5CCC(O)CC5)C4)cc3)C2)CC1. The Morgan fingerprint density at radius 1 is 0.881 bits per heavy atom. The lowest BCUT2D eigenvalue weighted by molar-refractivity contribution is -0.129. The molecule has 1 aliphatic carbocycles. The zero-order chi connectivity index (χ0) is 41.1. The molecule has 5 saturated heterocycles. The Kier molecular flexibility index (Phi) is 13.0. The Hall–Kier alpha value is -3.56. The molecule has 0 aromatic heterocycles. The standard InChI is InChI=1S/C45H63FN6O6S/c1-58-44(55)47-42-9-3-8-41(42)45(32-50-20-5-21-50,35-6-2-7-36(46)26-35)34-15-22-49(23-16-34)27-33-28-51(29-33)37-11-13-39(14-12-37)59(56,57)40-30-52(31-40)43(54)10-4-19-48-24-17-38(53)18-25-48/h2,4,6-7,10-14,26,33-34,38,40-42,53H,3,5,8-9,15-25,27-32H2,1H3,(H,47,55)/b10-4+/t41-,42-,45-/m0/s1. The monoisotopic (exact) mass is 834 g/mol. The Morgan fingerprint density at radius 3 is 2.25 bits per heavy atom. The van der Waals surface area contributed by atoms with Gasteiger partial charge in [-0.05, 0) is 125 Å². The van der Waals surface area contributed by atoms with Crippen LogP contribution in [0.5, 0.6) is 0 Å². The van der Waals surface area contributed by atoms with Gasteiger partial charge in [0.05, 0.1) is 18.1 Å². The first-order chi connectivity index (χ1) is 28.5. The van der Waals surface area contributed by atoms with Crippen molar-refractivity contribution in [2.45, 2.75) is 79.1 Å². The molecule has 5 heterocycles. The zero-order valence-electron chi connectivity index (χ0n) is 34.6. The zero-order valence-corrected chi connectivity index (χ0v) is 35.4. The fourth-order valence-electron chi connectivity index (χ4n) is 11.0. The average Bonchev–Trinajstić information content (AvgIpc) is 3.64. The number of aliphatic hydroxyl groups is 1. The summed E-state index contributed by atoms with van der Waals surface area (Å²) in [7, 11) is -2.13. The number of carbonyl (C=O) groups excluding carboxylic acids is 2. The third-order valence-electron chi connectivity index (χ3n) is 14.6. The van der Waals surface area contributed by atoms with Crippen molar-refractivity contribution in [3.63, 3.8) is 0 Å². The number of alkyl carbamates (subject to hydrolysis) is 1. The van der Waals surface area contributed by atoms with Gasteiger partial charge in [-0.15, -0.1) is 0 Å². The summed E-state index contributed by atoms with van der Waals surface area (Å²) in [6.45, 7) is 10.5. The fraction of sp³-hybridized carbons (Fsp3) is 0.644. The van der Waals surface area contributed by atoms with Crippen LogP contribution in [0.3, 0.4) is 0 Å². The van der Waals surface area contributed by atoms with Crippen LogP contribution in [-0.4, -0.2) is 155 Å². The summed E-state index contributed by atoms with van der Waals surface area (Å²) in [6, 6.07) is 14.5. The molecule has 14 heteroatoms. The third-order valence-corrected chi connectivity index (χ3v) is 16.7. The van der Waals surface area contributed by atoms with Gasteiger partial charge in [0.25, 0.3) is 0 Å². The lowest BCUT2D eigenvalue weighted by Crippen LogP contribution is -2.60. The lowest BCUT2D eigenvalue weighted by Gasteiger charge is -2.54. The number of methoxy groups -OCH3 is 1. The first kappa shape index (κ1) is 42.1. The number of hydrogen-bond donors (Lipinski definition) is 2. The van der Waals surface area contributed by atoms with Gasteiger partial charge in [0.1, 0.15) is 11.1 Å². The number of benzene rings is 2. The topological polar surface area (TPSA) is 126 Å². The maximum atomic E-state index is 15.0. The molecule has 0 spiro atoms. The van der Waals surface area contributed by atoms with Gasteiger partial charge in [0.15, 0.2) is 9.84 Å². The van der Waals surface area contributed by atoms with E-state index < -0.39 is 21.2 Å². The number of rotatable bonds is 14. The molecule has 8 rings (SSSR count). The molecular formula is C45H63FN6O6S. The van der Waals surface area contributed by atoms with E-state index in [-0.39, 0.29) is 48.3 Å². The summed E-state index contributed by atoms with van der Waals surface area (Å²) in [5.41, 5.74) is 1.81. The van der Waals surface area contributed by atoms with Crippen molar-refractivity contribution < 1.29 is 32.2 Å². The van der Waals surface area contributed by atoms with Gasteiger partial charge in [-0.1, -0.05) is 24.6 Å². The van der Waals surface area contributed by atoms with Crippen molar-refractivity contribution >= 4 is 27.5 Å². The Labute approximate surface area is 349 Å². The number of carbonyl (C=O) groups is 2. The number of nitrogens with zero attached hydrogens (tertiary/aromatic N) is 5. The second-order valence-corrected chi connectivity index (χ2v) is 20.4. The highest BCUT2D eigenvalue weighted by Crippen LogP contribution is 2.51. The van der Waals surface area contributed by atoms with Crippen LogP contribution in [0.2, 0.25) is 0 Å². The van der Waals surface area contributed by atoms with Crippen molar-refractivity contribution in [2.75, 3.05) is 97.1 Å². The normalized spacial score (nSPS) is 25.7. The van der Waals surface area contributed by atoms with Crippen LogP contribution in [0.4, 0.5) is 14.9 Å². The van der Waals surface area contributed by atoms with Crippen LogP contribution in [-0.2, 0) is 24.8 Å². The Morgan fingerprint density at radius 2 is 1.59 bits per heavy atom. The minimum absolute atomic E-state index is 0.0140. The number of aliphatic hydroxyl groups excluding tert-OH is 1. The largest absolute Gasteiger partial charge is 0.453 e. The number of piperidine rings is 2. The molecule has 2 aromatic rings. The molecule has 12 nitrogen and oxygen atoms in total. The van der Waals surface area contributed by atoms with Crippen molar-refractivity contribution in [3.8, 4) is 0 Å². The number of nitrogens with one attached hydrogen (secondary N) is 1. The predicted octanol–water partition coefficient (Wildman–Crippen LogP) is 4.14. The minimum atomic E-state index is -3.55. The molecule has 5 aliphatic heterocycles. The molecule has 2 amide bonds. The molecule has 59 heavy (non-hydrogen) atoms. The second kappa shape index (κ2) is 18.2. The predicted molar refractivity (Wildman–Crippen MR) is 225 cm³/mol. The fourth-order valence-corrected chi connectivity index (χ4v) is 12.6. The van der Waals surface area contributed by atoms with Gasteiger partial charge in [0.2, 0.25) is 5.91 Å². The summed E-state index contributed by atoms with van der Waals surface area (Å²) in [5, 5.41) is 12.3. The van der Waals surface area contributed by atoms with Crippen molar-refractivity contribution in [2.24, 2.45) is 17.8 Å². The molecule has 2 aromatic carbocycles. The molecular weight excluding hydrogens is 772 g/mol. The van der Waals surface area contributed by atoms with Gasteiger partial charge in [0, 0.05) is 88.0 Å². The van der Waals surface area contributed by atoms with Crippen LogP contribution in [0.15, 0.2) is 65.6 Å². The number of hydrogen-bond acceptors (Lipinski definition) is 10. The first-order valence-corrected chi connectivity index (χ1v) is 23.6. The van der Waals surface area contributed by atoms with Gasteiger partial charge >= 0.3 is 6.09 Å². The van der Waals surface area contributed by atoms with E-state index in [1.807, 2.05) is 24.3 Å². The number of ether oxygens (including phenoxy) is 1. The van der Waals surface area contributed by atoms with E-state index in [1.54, 1.807) is 29.2 Å². The van der Waals surface area contributed by atoms with Gasteiger partial charge in [-0.2, -0.15) is 0 Å². The molecule has 6 fully saturated rings. The highest BCUT2D eigenvalue weighted by Gasteiger charge is 2.53. The van der Waals surface area contributed by atoms with Crippen molar-refractivity contribution in [1.82, 2.24) is 24.9 Å².